The molecule has 0 saturated heterocycles. The summed E-state index contributed by atoms with van der Waals surface area (Å²) in [5.41, 5.74) is 0. The van der Waals surface area contributed by atoms with E-state index >= 15 is 0 Å². The van der Waals surface area contributed by atoms with Crippen molar-refractivity contribution >= 4 is 12.0 Å². The lowest BCUT2D eigenvalue weighted by atomic mass is 10.4. The standard InChI is InChI=1S/C8H16N2O3/c1-3-5-9-8(13)10(2)6-4-7(11)12/h3-6H2,1-2H3,(H,9,13)(H,11,12). The summed E-state index contributed by atoms with van der Waals surface area (Å²) in [6.07, 6.45) is 0.856. The minimum Gasteiger partial charge on any atom is -0.481 e. The van der Waals surface area contributed by atoms with E-state index in [1.807, 2.05) is 6.92 Å². The molecule has 0 fully saturated rings. The fourth-order valence-corrected chi connectivity index (χ4v) is 0.732. The number of urea groups is 1. The highest BCUT2D eigenvalue weighted by Crippen LogP contribution is 1.88. The van der Waals surface area contributed by atoms with Gasteiger partial charge >= 0.3 is 12.0 Å². The lowest BCUT2D eigenvalue weighted by Gasteiger charge is -2.16. The summed E-state index contributed by atoms with van der Waals surface area (Å²) >= 11 is 0. The molecule has 0 aliphatic carbocycles. The summed E-state index contributed by atoms with van der Waals surface area (Å²) in [5.74, 6) is -0.893. The van der Waals surface area contributed by atoms with Gasteiger partial charge < -0.3 is 15.3 Å². The predicted octanol–water partition coefficient (Wildman–Crippen LogP) is 0.512. The van der Waals surface area contributed by atoms with Crippen molar-refractivity contribution in [3.63, 3.8) is 0 Å². The molecule has 13 heavy (non-hydrogen) atoms. The normalized spacial score (nSPS) is 9.38. The SMILES string of the molecule is CCCNC(=O)N(C)CCC(=O)O. The highest BCUT2D eigenvalue weighted by molar-refractivity contribution is 5.74. The lowest BCUT2D eigenvalue weighted by Crippen LogP contribution is -2.38. The van der Waals surface area contributed by atoms with Gasteiger partial charge in [0.25, 0.3) is 0 Å². The van der Waals surface area contributed by atoms with E-state index in [0.29, 0.717) is 6.54 Å². The van der Waals surface area contributed by atoms with Crippen LogP contribution < -0.4 is 5.32 Å². The van der Waals surface area contributed by atoms with Gasteiger partial charge in [0.1, 0.15) is 0 Å². The zero-order valence-corrected chi connectivity index (χ0v) is 8.04. The van der Waals surface area contributed by atoms with E-state index in [0.717, 1.165) is 6.42 Å². The first kappa shape index (κ1) is 11.7. The number of aliphatic carboxylic acids is 1. The van der Waals surface area contributed by atoms with Crippen molar-refractivity contribution in [2.75, 3.05) is 20.1 Å². The molecule has 2 N–H and O–H groups in total. The third kappa shape index (κ3) is 5.95. The highest BCUT2D eigenvalue weighted by Gasteiger charge is 2.08. The fraction of sp³-hybridized carbons (Fsp3) is 0.750. The molecule has 0 radical (unpaired) electrons. The van der Waals surface area contributed by atoms with E-state index in [9.17, 15) is 9.59 Å². The van der Waals surface area contributed by atoms with E-state index in [1.165, 1.54) is 4.90 Å². The molecule has 0 atom stereocenters. The van der Waals surface area contributed by atoms with E-state index in [1.54, 1.807) is 7.05 Å². The fourth-order valence-electron chi connectivity index (χ4n) is 0.732. The maximum Gasteiger partial charge on any atom is 0.317 e. The minimum absolute atomic E-state index is 0.0178. The molecule has 5 heteroatoms. The molecule has 2 amide bonds. The van der Waals surface area contributed by atoms with E-state index < -0.39 is 5.97 Å². The molecular formula is C8H16N2O3. The molecule has 0 aliphatic rings. The predicted molar refractivity (Wildman–Crippen MR) is 48.6 cm³/mol. The Morgan fingerprint density at radius 3 is 2.54 bits per heavy atom. The molecular weight excluding hydrogens is 172 g/mol. The van der Waals surface area contributed by atoms with Crippen LogP contribution in [0.3, 0.4) is 0 Å². The van der Waals surface area contributed by atoms with Crippen molar-refractivity contribution in [3.05, 3.63) is 0 Å². The van der Waals surface area contributed by atoms with Crippen LogP contribution in [-0.2, 0) is 4.79 Å². The van der Waals surface area contributed by atoms with Gasteiger partial charge in [-0.2, -0.15) is 0 Å². The van der Waals surface area contributed by atoms with Crippen LogP contribution >= 0.6 is 0 Å². The summed E-state index contributed by atoms with van der Waals surface area (Å²) in [4.78, 5) is 22.7. The first-order valence-corrected chi connectivity index (χ1v) is 4.28. The van der Waals surface area contributed by atoms with Crippen LogP contribution in [0, 0.1) is 0 Å². The van der Waals surface area contributed by atoms with Crippen LogP contribution in [0.5, 0.6) is 0 Å². The number of carbonyl (C=O) groups is 2. The zero-order chi connectivity index (χ0) is 10.3. The number of carbonyl (C=O) groups excluding carboxylic acids is 1. The molecule has 0 saturated carbocycles. The maximum atomic E-state index is 11.1. The quantitative estimate of drug-likeness (QED) is 0.660. The van der Waals surface area contributed by atoms with Gasteiger partial charge in [0, 0.05) is 20.1 Å². The molecule has 0 bridgehead atoms. The number of amides is 2. The average Bonchev–Trinajstić information content (AvgIpc) is 2.10. The molecule has 5 nitrogen and oxygen atoms in total. The lowest BCUT2D eigenvalue weighted by molar-refractivity contribution is -0.137. The number of hydrogen-bond acceptors (Lipinski definition) is 2. The number of carboxylic acids is 1. The third-order valence-electron chi connectivity index (χ3n) is 1.53. The van der Waals surface area contributed by atoms with Crippen LogP contribution in [0.2, 0.25) is 0 Å². The van der Waals surface area contributed by atoms with Crippen LogP contribution in [0.1, 0.15) is 19.8 Å². The van der Waals surface area contributed by atoms with E-state index in [-0.39, 0.29) is 19.0 Å². The Hall–Kier alpha value is -1.26. The molecule has 0 unspecified atom stereocenters. The van der Waals surface area contributed by atoms with E-state index in [4.69, 9.17) is 5.11 Å². The first-order valence-electron chi connectivity index (χ1n) is 4.28. The van der Waals surface area contributed by atoms with Crippen LogP contribution in [-0.4, -0.2) is 42.1 Å². The third-order valence-corrected chi connectivity index (χ3v) is 1.53. The Balaban J connectivity index is 3.62. The molecule has 0 rings (SSSR count). The number of nitrogens with one attached hydrogen (secondary N) is 1. The largest absolute Gasteiger partial charge is 0.481 e. The van der Waals surface area contributed by atoms with Crippen molar-refractivity contribution in [2.45, 2.75) is 19.8 Å². The average molecular weight is 188 g/mol. The number of carboxylic acid groups (broad SMARTS) is 1. The summed E-state index contributed by atoms with van der Waals surface area (Å²) in [6.45, 7) is 2.82. The highest BCUT2D eigenvalue weighted by atomic mass is 16.4. The monoisotopic (exact) mass is 188 g/mol. The second-order valence-electron chi connectivity index (χ2n) is 2.80. The molecule has 0 spiro atoms. The Bertz CT molecular complexity index is 182. The molecule has 0 heterocycles. The first-order chi connectivity index (χ1) is 6.07. The van der Waals surface area contributed by atoms with Crippen LogP contribution in [0.4, 0.5) is 4.79 Å². The van der Waals surface area contributed by atoms with Gasteiger partial charge in [-0.1, -0.05) is 6.92 Å². The molecule has 0 aliphatic heterocycles. The van der Waals surface area contributed by atoms with Crippen molar-refractivity contribution in [3.8, 4) is 0 Å². The van der Waals surface area contributed by atoms with Gasteiger partial charge in [0.05, 0.1) is 6.42 Å². The molecule has 76 valence electrons. The zero-order valence-electron chi connectivity index (χ0n) is 8.04. The molecule has 0 aromatic heterocycles. The van der Waals surface area contributed by atoms with Gasteiger partial charge in [-0.05, 0) is 6.42 Å². The minimum atomic E-state index is -0.893. The second kappa shape index (κ2) is 6.28. The van der Waals surface area contributed by atoms with Crippen molar-refractivity contribution in [1.29, 1.82) is 0 Å². The van der Waals surface area contributed by atoms with Crippen LogP contribution in [0.15, 0.2) is 0 Å². The smallest absolute Gasteiger partial charge is 0.317 e. The van der Waals surface area contributed by atoms with E-state index in [2.05, 4.69) is 5.32 Å². The Morgan fingerprint density at radius 1 is 1.46 bits per heavy atom. The molecule has 0 aromatic rings. The summed E-state index contributed by atoms with van der Waals surface area (Å²) in [6, 6.07) is -0.219. The van der Waals surface area contributed by atoms with Gasteiger partial charge in [-0.25, -0.2) is 4.79 Å². The summed E-state index contributed by atoms with van der Waals surface area (Å²) in [7, 11) is 1.58. The maximum absolute atomic E-state index is 11.1. The van der Waals surface area contributed by atoms with Gasteiger partial charge in [-0.3, -0.25) is 4.79 Å². The topological polar surface area (TPSA) is 69.6 Å². The summed E-state index contributed by atoms with van der Waals surface area (Å²) in [5, 5.41) is 11.0. The van der Waals surface area contributed by atoms with Gasteiger partial charge in [-0.15, -0.1) is 0 Å². The Morgan fingerprint density at radius 2 is 2.08 bits per heavy atom. The second-order valence-corrected chi connectivity index (χ2v) is 2.80. The van der Waals surface area contributed by atoms with Crippen molar-refractivity contribution < 1.29 is 14.7 Å². The van der Waals surface area contributed by atoms with Crippen LogP contribution in [0.25, 0.3) is 0 Å². The number of hydrogen-bond donors (Lipinski definition) is 2. The summed E-state index contributed by atoms with van der Waals surface area (Å²) < 4.78 is 0. The van der Waals surface area contributed by atoms with Gasteiger partial charge in [0.2, 0.25) is 0 Å². The molecule has 0 aromatic carbocycles. The Kier molecular flexibility index (Phi) is 5.67. The van der Waals surface area contributed by atoms with Crippen molar-refractivity contribution in [2.24, 2.45) is 0 Å². The number of nitrogens with zero attached hydrogens (tertiary/aromatic N) is 1. The number of rotatable bonds is 5. The Labute approximate surface area is 77.7 Å². The van der Waals surface area contributed by atoms with Gasteiger partial charge in [0.15, 0.2) is 0 Å². The van der Waals surface area contributed by atoms with Crippen molar-refractivity contribution in [1.82, 2.24) is 10.2 Å².